The van der Waals surface area contributed by atoms with Crippen LogP contribution in [-0.2, 0) is 0 Å². The van der Waals surface area contributed by atoms with Crippen molar-refractivity contribution in [2.45, 2.75) is 19.3 Å². The molecule has 0 N–H and O–H groups in total. The number of allylic oxidation sites excluding steroid dienone is 12. The summed E-state index contributed by atoms with van der Waals surface area (Å²) in [7, 11) is 0. The lowest BCUT2D eigenvalue weighted by Crippen LogP contribution is -2.22. The first-order valence-electron chi connectivity index (χ1n) is 15.9. The molecule has 0 heterocycles. The summed E-state index contributed by atoms with van der Waals surface area (Å²) in [6.45, 7) is 0. The normalized spacial score (nSPS) is 17.6. The maximum absolute atomic E-state index is 14.3. The Bertz CT molecular complexity index is 2380. The van der Waals surface area contributed by atoms with E-state index in [1.807, 2.05) is 36.4 Å². The molecule has 0 aliphatic heterocycles. The minimum Gasteiger partial charge on any atom is -0.289 e. The third-order valence-corrected chi connectivity index (χ3v) is 9.96. The van der Waals surface area contributed by atoms with Crippen molar-refractivity contribution in [2.75, 3.05) is 0 Å². The summed E-state index contributed by atoms with van der Waals surface area (Å²) in [5.74, 6) is -0.652. The maximum Gasteiger partial charge on any atom is 0.195 e. The molecule has 4 nitrogen and oxygen atoms in total. The number of ketones is 4. The van der Waals surface area contributed by atoms with E-state index >= 15 is 0 Å². The van der Waals surface area contributed by atoms with Crippen LogP contribution >= 0.6 is 0 Å². The molecule has 0 fully saturated rings. The lowest BCUT2D eigenvalue weighted by Gasteiger charge is -2.24. The van der Waals surface area contributed by atoms with Crippen LogP contribution in [0.2, 0.25) is 0 Å². The van der Waals surface area contributed by atoms with Gasteiger partial charge in [0.2, 0.25) is 0 Å². The van der Waals surface area contributed by atoms with Crippen LogP contribution in [0.4, 0.5) is 0 Å². The van der Waals surface area contributed by atoms with Gasteiger partial charge in [-0.05, 0) is 63.8 Å². The molecule has 0 radical (unpaired) electrons. The maximum atomic E-state index is 14.3. The molecular weight excluding hydrogens is 580 g/mol. The molecule has 222 valence electrons. The third-order valence-electron chi connectivity index (χ3n) is 9.96. The first-order chi connectivity index (χ1) is 23.0. The van der Waals surface area contributed by atoms with Gasteiger partial charge in [-0.15, -0.1) is 0 Å². The van der Waals surface area contributed by atoms with Crippen molar-refractivity contribution in [1.82, 2.24) is 0 Å². The fourth-order valence-electron chi connectivity index (χ4n) is 7.86. The van der Waals surface area contributed by atoms with Gasteiger partial charge in [-0.3, -0.25) is 19.2 Å². The lowest BCUT2D eigenvalue weighted by molar-refractivity contribution is 0.0979. The van der Waals surface area contributed by atoms with Crippen molar-refractivity contribution in [1.29, 1.82) is 0 Å². The van der Waals surface area contributed by atoms with Crippen LogP contribution in [0.1, 0.15) is 94.1 Å². The number of fused-ring (bicyclic) bond motifs is 4. The molecular formula is C43H26O4. The van der Waals surface area contributed by atoms with Crippen LogP contribution in [0.25, 0.3) is 11.1 Å². The Labute approximate surface area is 271 Å². The Morgan fingerprint density at radius 3 is 1.36 bits per heavy atom. The number of carbonyl (C=O) groups excluding carboxylic acids is 4. The number of rotatable bonds is 4. The third kappa shape index (κ3) is 3.88. The molecule has 4 aromatic rings. The van der Waals surface area contributed by atoms with Gasteiger partial charge in [0.25, 0.3) is 0 Å². The van der Waals surface area contributed by atoms with Crippen LogP contribution in [-0.4, -0.2) is 23.1 Å². The van der Waals surface area contributed by atoms with E-state index in [0.717, 1.165) is 45.4 Å². The van der Waals surface area contributed by atoms with E-state index in [-0.39, 0.29) is 23.1 Å². The van der Waals surface area contributed by atoms with Gasteiger partial charge in [-0.2, -0.15) is 0 Å². The molecule has 5 aliphatic rings. The molecule has 0 saturated carbocycles. The van der Waals surface area contributed by atoms with Crippen LogP contribution in [0, 0.1) is 0 Å². The van der Waals surface area contributed by atoms with Gasteiger partial charge in [-0.1, -0.05) is 121 Å². The van der Waals surface area contributed by atoms with Gasteiger partial charge in [0.05, 0.1) is 0 Å². The Morgan fingerprint density at radius 2 is 0.830 bits per heavy atom. The highest BCUT2D eigenvalue weighted by Crippen LogP contribution is 2.53. The first kappa shape index (κ1) is 27.3. The van der Waals surface area contributed by atoms with E-state index in [9.17, 15) is 19.2 Å². The highest BCUT2D eigenvalue weighted by atomic mass is 16.1. The minimum atomic E-state index is -0.169. The minimum absolute atomic E-state index is 0.157. The average Bonchev–Trinajstić information content (AvgIpc) is 3.91. The molecule has 0 amide bonds. The van der Waals surface area contributed by atoms with E-state index in [1.54, 1.807) is 60.7 Å². The Morgan fingerprint density at radius 1 is 0.383 bits per heavy atom. The molecule has 0 bridgehead atoms. The van der Waals surface area contributed by atoms with Crippen LogP contribution < -0.4 is 0 Å². The molecule has 4 aromatic carbocycles. The molecule has 0 atom stereocenters. The topological polar surface area (TPSA) is 68.3 Å². The zero-order valence-corrected chi connectivity index (χ0v) is 25.3. The fourth-order valence-corrected chi connectivity index (χ4v) is 7.86. The second-order valence-electron chi connectivity index (χ2n) is 12.4. The van der Waals surface area contributed by atoms with Gasteiger partial charge in [0.1, 0.15) is 0 Å². The molecule has 0 aromatic heterocycles. The summed E-state index contributed by atoms with van der Waals surface area (Å²) in [6.07, 6.45) is 14.4. The van der Waals surface area contributed by atoms with E-state index < -0.39 is 0 Å². The summed E-state index contributed by atoms with van der Waals surface area (Å²) in [5, 5.41) is 0. The van der Waals surface area contributed by atoms with Crippen molar-refractivity contribution in [3.8, 4) is 0 Å². The highest BCUT2D eigenvalue weighted by molar-refractivity contribution is 6.31. The van der Waals surface area contributed by atoms with E-state index in [1.165, 1.54) is 0 Å². The van der Waals surface area contributed by atoms with E-state index in [0.29, 0.717) is 62.9 Å². The van der Waals surface area contributed by atoms with Gasteiger partial charge in [0.15, 0.2) is 23.1 Å². The number of carbonyl (C=O) groups is 4. The molecule has 0 spiro atoms. The van der Waals surface area contributed by atoms with Gasteiger partial charge >= 0.3 is 0 Å². The monoisotopic (exact) mass is 606 g/mol. The van der Waals surface area contributed by atoms with E-state index in [2.05, 4.69) is 24.3 Å². The van der Waals surface area contributed by atoms with E-state index in [4.69, 9.17) is 0 Å². The summed E-state index contributed by atoms with van der Waals surface area (Å²) >= 11 is 0. The van der Waals surface area contributed by atoms with Crippen LogP contribution in [0.5, 0.6) is 0 Å². The summed E-state index contributed by atoms with van der Waals surface area (Å²) < 4.78 is 0. The Kier molecular flexibility index (Phi) is 5.97. The average molecular weight is 607 g/mol. The second kappa shape index (κ2) is 10.3. The van der Waals surface area contributed by atoms with Crippen molar-refractivity contribution < 1.29 is 19.2 Å². The number of hydrogen-bond acceptors (Lipinski definition) is 4. The Hall–Kier alpha value is -6.00. The Balaban J connectivity index is 1.33. The quantitative estimate of drug-likeness (QED) is 0.202. The first-order valence-corrected chi connectivity index (χ1v) is 15.9. The van der Waals surface area contributed by atoms with Crippen LogP contribution in [0.15, 0.2) is 144 Å². The highest BCUT2D eigenvalue weighted by Gasteiger charge is 2.39. The van der Waals surface area contributed by atoms with Gasteiger partial charge in [0, 0.05) is 44.5 Å². The predicted molar refractivity (Wildman–Crippen MR) is 182 cm³/mol. The van der Waals surface area contributed by atoms with Crippen molar-refractivity contribution in [3.05, 3.63) is 199 Å². The lowest BCUT2D eigenvalue weighted by atomic mass is 9.77. The SMILES string of the molecule is O=C1c2ccccc2C(=O)c2c1cccc2C1=C(C2=CC=CC2)C(c2cccc3c2C(=O)c2ccccc2C3=O)=C(C2=CC=CC2)C1. The summed E-state index contributed by atoms with van der Waals surface area (Å²) in [6, 6.07) is 25.1. The standard InChI is InChI=1S/C43H26O4/c44-40-27-15-5-7-17-29(27)42(46)38-26(19-9-21-32(38)40)35-23-34(24-11-1-2-12-24)37(36(35)25-13-3-4-14-25)31-20-10-22-33-39(31)43(47)30-18-8-6-16-28(30)41(33)45/h1-11,13,15-22H,12,14,23H2. The van der Waals surface area contributed by atoms with Crippen molar-refractivity contribution >= 4 is 34.3 Å². The molecule has 5 aliphatic carbocycles. The molecule has 0 saturated heterocycles. The smallest absolute Gasteiger partial charge is 0.195 e. The van der Waals surface area contributed by atoms with Crippen LogP contribution in [0.3, 0.4) is 0 Å². The fraction of sp³-hybridized carbons (Fsp3) is 0.0698. The largest absolute Gasteiger partial charge is 0.289 e. The summed E-state index contributed by atoms with van der Waals surface area (Å²) in [5.41, 5.74) is 10.8. The van der Waals surface area contributed by atoms with Gasteiger partial charge in [-0.25, -0.2) is 0 Å². The number of benzene rings is 4. The zero-order chi connectivity index (χ0) is 31.8. The molecule has 9 rings (SSSR count). The number of hydrogen-bond donors (Lipinski definition) is 0. The van der Waals surface area contributed by atoms with Gasteiger partial charge < -0.3 is 0 Å². The predicted octanol–water partition coefficient (Wildman–Crippen LogP) is 8.62. The molecule has 0 unspecified atom stereocenters. The second-order valence-corrected chi connectivity index (χ2v) is 12.4. The van der Waals surface area contributed by atoms with Crippen molar-refractivity contribution in [3.63, 3.8) is 0 Å². The molecule has 47 heavy (non-hydrogen) atoms. The molecule has 4 heteroatoms. The summed E-state index contributed by atoms with van der Waals surface area (Å²) in [4.78, 5) is 56.1. The zero-order valence-electron chi connectivity index (χ0n) is 25.3. The van der Waals surface area contributed by atoms with Crippen molar-refractivity contribution in [2.24, 2.45) is 0 Å².